The van der Waals surface area contributed by atoms with Crippen LogP contribution in [0.25, 0.3) is 0 Å². The average molecular weight is 304 g/mol. The fourth-order valence-electron chi connectivity index (χ4n) is 2.45. The van der Waals surface area contributed by atoms with Crippen molar-refractivity contribution in [2.24, 2.45) is 11.8 Å². The highest BCUT2D eigenvalue weighted by Crippen LogP contribution is 2.34. The summed E-state index contributed by atoms with van der Waals surface area (Å²) in [7, 11) is 0. The lowest BCUT2D eigenvalue weighted by Gasteiger charge is -2.16. The van der Waals surface area contributed by atoms with E-state index in [4.69, 9.17) is 16.7 Å². The molecule has 0 aromatic heterocycles. The van der Waals surface area contributed by atoms with Crippen LogP contribution in [0.2, 0.25) is 5.02 Å². The number of nitrogens with one attached hydrogen (secondary N) is 1. The van der Waals surface area contributed by atoms with E-state index in [0.29, 0.717) is 25.3 Å². The van der Waals surface area contributed by atoms with Gasteiger partial charge in [-0.05, 0) is 18.9 Å². The number of carboxylic acid groups (broad SMARTS) is 1. The normalized spacial score (nSPS) is 21.8. The minimum absolute atomic E-state index is 0.263. The molecule has 1 aromatic rings. The van der Waals surface area contributed by atoms with E-state index in [-0.39, 0.29) is 10.7 Å². The van der Waals surface area contributed by atoms with Crippen LogP contribution >= 0.6 is 11.6 Å². The molecule has 0 spiro atoms. The van der Waals surface area contributed by atoms with Gasteiger partial charge in [0.2, 0.25) is 5.91 Å². The van der Waals surface area contributed by atoms with Crippen LogP contribution in [0.15, 0.2) is 12.1 Å². The lowest BCUT2D eigenvalue weighted by atomic mass is 9.95. The number of aliphatic carboxylic acids is 1. The van der Waals surface area contributed by atoms with Crippen LogP contribution in [0.5, 0.6) is 0 Å². The number of carbonyl (C=O) groups is 2. The van der Waals surface area contributed by atoms with E-state index in [1.165, 1.54) is 0 Å². The van der Waals surface area contributed by atoms with E-state index in [0.717, 1.165) is 6.07 Å². The molecule has 1 aliphatic carbocycles. The van der Waals surface area contributed by atoms with Crippen molar-refractivity contribution < 1.29 is 23.5 Å². The number of carboxylic acids is 1. The molecule has 0 saturated heterocycles. The van der Waals surface area contributed by atoms with Crippen LogP contribution in [0.1, 0.15) is 19.3 Å². The van der Waals surface area contributed by atoms with Crippen molar-refractivity contribution in [2.45, 2.75) is 19.3 Å². The SMILES string of the molecule is O=C(O)[C@H]1CCC[C@H]1C(=O)Nc1c(F)cc(F)cc1Cl. The van der Waals surface area contributed by atoms with Gasteiger partial charge in [-0.15, -0.1) is 0 Å². The molecule has 0 radical (unpaired) electrons. The fourth-order valence-corrected chi connectivity index (χ4v) is 2.69. The number of amides is 1. The Kier molecular flexibility index (Phi) is 4.23. The zero-order chi connectivity index (χ0) is 14.9. The summed E-state index contributed by atoms with van der Waals surface area (Å²) in [5.41, 5.74) is -0.325. The van der Waals surface area contributed by atoms with Gasteiger partial charge in [-0.2, -0.15) is 0 Å². The van der Waals surface area contributed by atoms with Gasteiger partial charge in [0.1, 0.15) is 5.82 Å². The Hall–Kier alpha value is -1.69. The van der Waals surface area contributed by atoms with Gasteiger partial charge in [-0.25, -0.2) is 8.78 Å². The Morgan fingerprint density at radius 3 is 2.50 bits per heavy atom. The second kappa shape index (κ2) is 5.75. The first kappa shape index (κ1) is 14.7. The average Bonchev–Trinajstić information content (AvgIpc) is 2.82. The molecule has 0 unspecified atom stereocenters. The van der Waals surface area contributed by atoms with Gasteiger partial charge in [0.25, 0.3) is 0 Å². The first-order chi connectivity index (χ1) is 9.40. The second-order valence-electron chi connectivity index (χ2n) is 4.72. The van der Waals surface area contributed by atoms with Crippen LogP contribution in [-0.4, -0.2) is 17.0 Å². The van der Waals surface area contributed by atoms with Gasteiger partial charge < -0.3 is 10.4 Å². The molecule has 7 heteroatoms. The Balaban J connectivity index is 2.18. The number of benzene rings is 1. The first-order valence-corrected chi connectivity index (χ1v) is 6.46. The number of rotatable bonds is 3. The van der Waals surface area contributed by atoms with Crippen molar-refractivity contribution in [1.82, 2.24) is 0 Å². The molecule has 1 aliphatic rings. The molecule has 108 valence electrons. The summed E-state index contributed by atoms with van der Waals surface area (Å²) in [6, 6.07) is 1.48. The second-order valence-corrected chi connectivity index (χ2v) is 5.12. The lowest BCUT2D eigenvalue weighted by molar-refractivity contribution is -0.145. The third-order valence-electron chi connectivity index (χ3n) is 3.43. The standard InChI is InChI=1S/C13H12ClF2NO3/c14-9-4-6(15)5-10(16)11(9)17-12(18)7-2-1-3-8(7)13(19)20/h4-5,7-8H,1-3H2,(H,17,18)(H,19,20)/t7-,8+/m1/s1. The molecular weight excluding hydrogens is 292 g/mol. The number of halogens is 3. The summed E-state index contributed by atoms with van der Waals surface area (Å²) in [5.74, 6) is -5.01. The van der Waals surface area contributed by atoms with E-state index in [9.17, 15) is 18.4 Å². The largest absolute Gasteiger partial charge is 0.481 e. The molecule has 20 heavy (non-hydrogen) atoms. The topological polar surface area (TPSA) is 66.4 Å². The van der Waals surface area contributed by atoms with Crippen molar-refractivity contribution in [3.63, 3.8) is 0 Å². The van der Waals surface area contributed by atoms with E-state index >= 15 is 0 Å². The number of hydrogen-bond acceptors (Lipinski definition) is 2. The number of hydrogen-bond donors (Lipinski definition) is 2. The molecule has 2 atom stereocenters. The summed E-state index contributed by atoms with van der Waals surface area (Å²) in [6.07, 6.45) is 1.45. The minimum Gasteiger partial charge on any atom is -0.481 e. The first-order valence-electron chi connectivity index (χ1n) is 6.08. The van der Waals surface area contributed by atoms with E-state index in [1.54, 1.807) is 0 Å². The fraction of sp³-hybridized carbons (Fsp3) is 0.385. The molecule has 2 rings (SSSR count). The van der Waals surface area contributed by atoms with E-state index < -0.39 is 35.3 Å². The molecular formula is C13H12ClF2NO3. The molecule has 1 fully saturated rings. The highest BCUT2D eigenvalue weighted by Gasteiger charge is 2.38. The van der Waals surface area contributed by atoms with E-state index in [2.05, 4.69) is 5.32 Å². The molecule has 1 saturated carbocycles. The van der Waals surface area contributed by atoms with Gasteiger partial charge in [-0.1, -0.05) is 18.0 Å². The van der Waals surface area contributed by atoms with Crippen molar-refractivity contribution >= 4 is 29.2 Å². The molecule has 2 N–H and O–H groups in total. The van der Waals surface area contributed by atoms with Crippen LogP contribution < -0.4 is 5.32 Å². The highest BCUT2D eigenvalue weighted by atomic mass is 35.5. The maximum Gasteiger partial charge on any atom is 0.307 e. The Morgan fingerprint density at radius 1 is 1.25 bits per heavy atom. The minimum atomic E-state index is -1.05. The van der Waals surface area contributed by atoms with Crippen LogP contribution in [0, 0.1) is 23.5 Å². The molecule has 0 heterocycles. The zero-order valence-electron chi connectivity index (χ0n) is 10.3. The molecule has 4 nitrogen and oxygen atoms in total. The van der Waals surface area contributed by atoms with Crippen LogP contribution in [0.4, 0.5) is 14.5 Å². The number of anilines is 1. The zero-order valence-corrected chi connectivity index (χ0v) is 11.1. The van der Waals surface area contributed by atoms with Crippen molar-refractivity contribution in [1.29, 1.82) is 0 Å². The molecule has 1 amide bonds. The number of carbonyl (C=O) groups excluding carboxylic acids is 1. The van der Waals surface area contributed by atoms with Gasteiger partial charge in [-0.3, -0.25) is 9.59 Å². The quantitative estimate of drug-likeness (QED) is 0.902. The van der Waals surface area contributed by atoms with Gasteiger partial charge in [0, 0.05) is 6.07 Å². The Labute approximate surface area is 118 Å². The third-order valence-corrected chi connectivity index (χ3v) is 3.72. The smallest absolute Gasteiger partial charge is 0.307 e. The lowest BCUT2D eigenvalue weighted by Crippen LogP contribution is -2.30. The van der Waals surface area contributed by atoms with Crippen LogP contribution in [-0.2, 0) is 9.59 Å². The maximum absolute atomic E-state index is 13.6. The Morgan fingerprint density at radius 2 is 1.90 bits per heavy atom. The predicted octanol–water partition coefficient (Wildman–Crippen LogP) is 3.06. The maximum atomic E-state index is 13.6. The van der Waals surface area contributed by atoms with Crippen molar-refractivity contribution in [2.75, 3.05) is 5.32 Å². The van der Waals surface area contributed by atoms with Crippen LogP contribution in [0.3, 0.4) is 0 Å². The summed E-state index contributed by atoms with van der Waals surface area (Å²) in [6.45, 7) is 0. The van der Waals surface area contributed by atoms with Gasteiger partial charge in [0.05, 0.1) is 22.5 Å². The van der Waals surface area contributed by atoms with Crippen molar-refractivity contribution in [3.05, 3.63) is 28.8 Å². The summed E-state index contributed by atoms with van der Waals surface area (Å²) in [4.78, 5) is 23.0. The monoisotopic (exact) mass is 303 g/mol. The molecule has 0 bridgehead atoms. The molecule has 0 aliphatic heterocycles. The third kappa shape index (κ3) is 2.90. The molecule has 1 aromatic carbocycles. The summed E-state index contributed by atoms with van der Waals surface area (Å²) < 4.78 is 26.5. The predicted molar refractivity (Wildman–Crippen MR) is 68.5 cm³/mol. The Bertz CT molecular complexity index is 542. The highest BCUT2D eigenvalue weighted by molar-refractivity contribution is 6.33. The van der Waals surface area contributed by atoms with E-state index in [1.807, 2.05) is 0 Å². The van der Waals surface area contributed by atoms with Crippen molar-refractivity contribution in [3.8, 4) is 0 Å². The van der Waals surface area contributed by atoms with Gasteiger partial charge in [0.15, 0.2) is 5.82 Å². The summed E-state index contributed by atoms with van der Waals surface area (Å²) >= 11 is 5.67. The van der Waals surface area contributed by atoms with Gasteiger partial charge >= 0.3 is 5.97 Å². The summed E-state index contributed by atoms with van der Waals surface area (Å²) in [5, 5.41) is 11.0.